The number of hydrogen-bond acceptors (Lipinski definition) is 5. The van der Waals surface area contributed by atoms with Crippen LogP contribution in [0, 0.1) is 17.0 Å². The fourth-order valence-electron chi connectivity index (χ4n) is 3.00. The molecule has 0 bridgehead atoms. The van der Waals surface area contributed by atoms with Gasteiger partial charge in [-0.05, 0) is 49.4 Å². The molecular weight excluding hydrogens is 406 g/mol. The summed E-state index contributed by atoms with van der Waals surface area (Å²) in [5, 5.41) is 10.9. The zero-order valence-corrected chi connectivity index (χ0v) is 16.9. The quantitative estimate of drug-likeness (QED) is 0.254. The molecule has 1 saturated heterocycles. The van der Waals surface area contributed by atoms with Crippen molar-refractivity contribution in [3.63, 3.8) is 0 Å². The number of rotatable bonds is 4. The number of thiocarbonyl (C=S) groups is 1. The summed E-state index contributed by atoms with van der Waals surface area (Å²) in [6.07, 6.45) is 3.63. The van der Waals surface area contributed by atoms with Gasteiger partial charge in [0, 0.05) is 29.7 Å². The molecular formula is C21H15N3O3S2. The molecule has 1 aliphatic heterocycles. The average Bonchev–Trinajstić information content (AvgIpc) is 3.27. The summed E-state index contributed by atoms with van der Waals surface area (Å²) in [6, 6.07) is 17.6. The van der Waals surface area contributed by atoms with Gasteiger partial charge in [0.25, 0.3) is 11.6 Å². The van der Waals surface area contributed by atoms with Crippen molar-refractivity contribution in [1.82, 2.24) is 4.57 Å². The van der Waals surface area contributed by atoms with Gasteiger partial charge >= 0.3 is 0 Å². The molecule has 1 amide bonds. The first-order chi connectivity index (χ1) is 13.9. The summed E-state index contributed by atoms with van der Waals surface area (Å²) in [5.41, 5.74) is 3.42. The van der Waals surface area contributed by atoms with Gasteiger partial charge in [0.05, 0.1) is 15.5 Å². The molecule has 6 nitrogen and oxygen atoms in total. The second-order valence-corrected chi connectivity index (χ2v) is 8.10. The van der Waals surface area contributed by atoms with Gasteiger partial charge in [-0.2, -0.15) is 0 Å². The third-order valence-corrected chi connectivity index (χ3v) is 5.79. The number of carbonyl (C=O) groups is 1. The Bertz CT molecular complexity index is 1150. The van der Waals surface area contributed by atoms with Crippen LogP contribution in [-0.2, 0) is 4.79 Å². The van der Waals surface area contributed by atoms with Gasteiger partial charge in [0.2, 0.25) is 0 Å². The molecule has 2 aromatic carbocycles. The van der Waals surface area contributed by atoms with Crippen LogP contribution in [-0.4, -0.2) is 19.7 Å². The number of benzene rings is 2. The summed E-state index contributed by atoms with van der Waals surface area (Å²) in [7, 11) is 0. The lowest BCUT2D eigenvalue weighted by atomic mass is 10.2. The largest absolute Gasteiger partial charge is 0.317 e. The van der Waals surface area contributed by atoms with Crippen molar-refractivity contribution in [1.29, 1.82) is 0 Å². The first-order valence-corrected chi connectivity index (χ1v) is 9.93. The Kier molecular flexibility index (Phi) is 5.04. The number of amides is 1. The highest BCUT2D eigenvalue weighted by Crippen LogP contribution is 2.36. The molecule has 0 atom stereocenters. The molecule has 1 fully saturated rings. The highest BCUT2D eigenvalue weighted by Gasteiger charge is 2.33. The smallest absolute Gasteiger partial charge is 0.270 e. The zero-order chi connectivity index (χ0) is 20.5. The second-order valence-electron chi connectivity index (χ2n) is 6.43. The van der Waals surface area contributed by atoms with Crippen LogP contribution < -0.4 is 4.90 Å². The third-order valence-electron chi connectivity index (χ3n) is 4.48. The molecule has 0 saturated carbocycles. The first kappa shape index (κ1) is 19.1. The molecule has 144 valence electrons. The van der Waals surface area contributed by atoms with Crippen LogP contribution in [0.2, 0.25) is 0 Å². The fraction of sp³-hybridized carbons (Fsp3) is 0.0476. The highest BCUT2D eigenvalue weighted by atomic mass is 32.2. The normalized spacial score (nSPS) is 15.3. The van der Waals surface area contributed by atoms with Crippen LogP contribution in [0.25, 0.3) is 11.8 Å². The fourth-order valence-corrected chi connectivity index (χ4v) is 4.28. The molecule has 2 heterocycles. The summed E-state index contributed by atoms with van der Waals surface area (Å²) < 4.78 is 2.35. The molecule has 0 aliphatic carbocycles. The molecule has 0 spiro atoms. The molecule has 29 heavy (non-hydrogen) atoms. The Labute approximate surface area is 176 Å². The van der Waals surface area contributed by atoms with Gasteiger partial charge in [-0.3, -0.25) is 19.8 Å². The Morgan fingerprint density at radius 3 is 2.34 bits per heavy atom. The van der Waals surface area contributed by atoms with Crippen LogP contribution in [0.3, 0.4) is 0 Å². The van der Waals surface area contributed by atoms with Gasteiger partial charge in [-0.1, -0.05) is 41.7 Å². The van der Waals surface area contributed by atoms with E-state index in [1.807, 2.05) is 54.1 Å². The number of aryl methyl sites for hydroxylation is 1. The van der Waals surface area contributed by atoms with E-state index in [9.17, 15) is 14.9 Å². The summed E-state index contributed by atoms with van der Waals surface area (Å²) in [4.78, 5) is 25.4. The lowest BCUT2D eigenvalue weighted by molar-refractivity contribution is -0.384. The summed E-state index contributed by atoms with van der Waals surface area (Å²) >= 11 is 6.68. The number of aromatic nitrogens is 1. The van der Waals surface area contributed by atoms with Gasteiger partial charge < -0.3 is 4.57 Å². The van der Waals surface area contributed by atoms with E-state index in [1.54, 1.807) is 18.2 Å². The standard InChI is InChI=1S/C21H15N3O3S2/c1-14-4-6-16(7-5-14)23-20(25)19(29-21(23)28)13-18-3-2-12-22(18)15-8-10-17(11-9-15)24(26)27/h2-13H,1H3/b19-13+. The van der Waals surface area contributed by atoms with Gasteiger partial charge in [-0.25, -0.2) is 0 Å². The van der Waals surface area contributed by atoms with Gasteiger partial charge in [0.1, 0.15) is 0 Å². The van der Waals surface area contributed by atoms with Crippen LogP contribution >= 0.6 is 24.0 Å². The molecule has 1 aliphatic rings. The molecule has 0 radical (unpaired) electrons. The topological polar surface area (TPSA) is 68.4 Å². The maximum atomic E-state index is 13.0. The van der Waals surface area contributed by atoms with Crippen LogP contribution in [0.5, 0.6) is 0 Å². The molecule has 3 aromatic rings. The Hall–Kier alpha value is -3.23. The van der Waals surface area contributed by atoms with E-state index in [-0.39, 0.29) is 11.6 Å². The molecule has 1 aromatic heterocycles. The number of nitrogens with zero attached hydrogens (tertiary/aromatic N) is 3. The van der Waals surface area contributed by atoms with Crippen molar-refractivity contribution in [3.8, 4) is 5.69 Å². The number of carbonyl (C=O) groups excluding carboxylic acids is 1. The van der Waals surface area contributed by atoms with E-state index in [2.05, 4.69) is 0 Å². The minimum atomic E-state index is -0.434. The maximum Gasteiger partial charge on any atom is 0.270 e. The van der Waals surface area contributed by atoms with Crippen molar-refractivity contribution in [3.05, 3.63) is 93.1 Å². The first-order valence-electron chi connectivity index (χ1n) is 8.71. The van der Waals surface area contributed by atoms with Crippen molar-refractivity contribution in [2.45, 2.75) is 6.92 Å². The lowest BCUT2D eigenvalue weighted by Gasteiger charge is -2.14. The van der Waals surface area contributed by atoms with E-state index in [4.69, 9.17) is 12.2 Å². The van der Waals surface area contributed by atoms with E-state index in [0.29, 0.717) is 9.23 Å². The summed E-state index contributed by atoms with van der Waals surface area (Å²) in [5.74, 6) is -0.166. The van der Waals surface area contributed by atoms with Crippen molar-refractivity contribution in [2.24, 2.45) is 0 Å². The second kappa shape index (κ2) is 7.65. The van der Waals surface area contributed by atoms with Crippen LogP contribution in [0.15, 0.2) is 71.8 Å². The molecule has 0 N–H and O–H groups in total. The zero-order valence-electron chi connectivity index (χ0n) is 15.3. The third kappa shape index (κ3) is 3.72. The Morgan fingerprint density at radius 2 is 1.69 bits per heavy atom. The van der Waals surface area contributed by atoms with E-state index in [0.717, 1.165) is 22.6 Å². The maximum absolute atomic E-state index is 13.0. The number of nitro benzene ring substituents is 1. The molecule has 4 rings (SSSR count). The summed E-state index contributed by atoms with van der Waals surface area (Å²) in [6.45, 7) is 1.99. The number of nitro groups is 1. The van der Waals surface area contributed by atoms with E-state index < -0.39 is 4.92 Å². The molecule has 0 unspecified atom stereocenters. The predicted molar refractivity (Wildman–Crippen MR) is 119 cm³/mol. The monoisotopic (exact) mass is 421 g/mol. The number of anilines is 1. The van der Waals surface area contributed by atoms with Crippen LogP contribution in [0.1, 0.15) is 11.3 Å². The SMILES string of the molecule is Cc1ccc(N2C(=O)/C(=C\c3cccn3-c3ccc([N+](=O)[O-])cc3)SC2=S)cc1. The van der Waals surface area contributed by atoms with Crippen molar-refractivity contribution in [2.75, 3.05) is 4.90 Å². The van der Waals surface area contributed by atoms with Crippen LogP contribution in [0.4, 0.5) is 11.4 Å². The van der Waals surface area contributed by atoms with Crippen molar-refractivity contribution < 1.29 is 9.72 Å². The number of thioether (sulfide) groups is 1. The minimum absolute atomic E-state index is 0.0291. The molecule has 8 heteroatoms. The minimum Gasteiger partial charge on any atom is -0.317 e. The average molecular weight is 422 g/mol. The number of hydrogen-bond donors (Lipinski definition) is 0. The number of non-ortho nitro benzene ring substituents is 1. The van der Waals surface area contributed by atoms with Crippen molar-refractivity contribution >= 4 is 51.7 Å². The Balaban J connectivity index is 1.65. The van der Waals surface area contributed by atoms with E-state index >= 15 is 0 Å². The van der Waals surface area contributed by atoms with Gasteiger partial charge in [0.15, 0.2) is 4.32 Å². The Morgan fingerprint density at radius 1 is 1.03 bits per heavy atom. The van der Waals surface area contributed by atoms with E-state index in [1.165, 1.54) is 28.8 Å². The predicted octanol–water partition coefficient (Wildman–Crippen LogP) is 5.10. The van der Waals surface area contributed by atoms with Gasteiger partial charge in [-0.15, -0.1) is 0 Å². The lowest BCUT2D eigenvalue weighted by Crippen LogP contribution is -2.27. The highest BCUT2D eigenvalue weighted by molar-refractivity contribution is 8.27.